The number of nitrogens with zero attached hydrogens (tertiary/aromatic N) is 4. The van der Waals surface area contributed by atoms with Gasteiger partial charge in [0.05, 0.1) is 14.6 Å². The highest BCUT2D eigenvalue weighted by atomic mass is 35.5. The fourth-order valence-electron chi connectivity index (χ4n) is 4.18. The largest absolute Gasteiger partial charge is 0.345 e. The maximum Gasteiger partial charge on any atom is 0.253 e. The summed E-state index contributed by atoms with van der Waals surface area (Å²) in [5.74, 6) is -0.441. The molecule has 0 spiro atoms. The number of amides is 1. The minimum atomic E-state index is -3.75. The van der Waals surface area contributed by atoms with Crippen molar-refractivity contribution in [2.75, 3.05) is 37.6 Å². The number of halogens is 2. The summed E-state index contributed by atoms with van der Waals surface area (Å²) in [5.41, 5.74) is 0.755. The number of piperazine rings is 1. The van der Waals surface area contributed by atoms with Gasteiger partial charge in [-0.2, -0.15) is 4.31 Å². The van der Waals surface area contributed by atoms with Gasteiger partial charge in [0.25, 0.3) is 10.0 Å². The lowest BCUT2D eigenvalue weighted by Crippen LogP contribution is -2.54. The molecular formula is C20H20ClFN4O3S3. The van der Waals surface area contributed by atoms with Gasteiger partial charge in [-0.25, -0.2) is 17.8 Å². The van der Waals surface area contributed by atoms with Gasteiger partial charge in [-0.1, -0.05) is 22.9 Å². The van der Waals surface area contributed by atoms with Crippen LogP contribution in [-0.2, 0) is 14.8 Å². The van der Waals surface area contributed by atoms with Gasteiger partial charge >= 0.3 is 0 Å². The normalized spacial score (nSPS) is 20.4. The van der Waals surface area contributed by atoms with E-state index in [1.807, 2.05) is 0 Å². The molecule has 1 aromatic carbocycles. The van der Waals surface area contributed by atoms with E-state index in [1.54, 1.807) is 17.0 Å². The monoisotopic (exact) mass is 514 g/mol. The third kappa shape index (κ3) is 4.01. The smallest absolute Gasteiger partial charge is 0.253 e. The molecule has 0 aliphatic carbocycles. The molecule has 1 amide bonds. The van der Waals surface area contributed by atoms with E-state index in [0.29, 0.717) is 49.9 Å². The van der Waals surface area contributed by atoms with Crippen LogP contribution in [0.4, 0.5) is 9.52 Å². The second-order valence-electron chi connectivity index (χ2n) is 7.75. The molecule has 5 rings (SSSR count). The number of rotatable bonds is 4. The molecule has 2 aliphatic rings. The lowest BCUT2D eigenvalue weighted by molar-refractivity contribution is -0.134. The fourth-order valence-corrected chi connectivity index (χ4v) is 8.48. The van der Waals surface area contributed by atoms with Gasteiger partial charge in [-0.15, -0.1) is 11.3 Å². The summed E-state index contributed by atoms with van der Waals surface area (Å²) in [4.78, 5) is 21.6. The Hall–Kier alpha value is -1.79. The van der Waals surface area contributed by atoms with Crippen molar-refractivity contribution in [1.29, 1.82) is 0 Å². The van der Waals surface area contributed by atoms with Gasteiger partial charge in [0.15, 0.2) is 5.13 Å². The van der Waals surface area contributed by atoms with Gasteiger partial charge in [0.2, 0.25) is 5.91 Å². The molecule has 2 fully saturated rings. The van der Waals surface area contributed by atoms with E-state index >= 15 is 0 Å². The van der Waals surface area contributed by atoms with Crippen LogP contribution in [0.25, 0.3) is 10.2 Å². The lowest BCUT2D eigenvalue weighted by Gasteiger charge is -2.37. The molecule has 170 valence electrons. The van der Waals surface area contributed by atoms with Gasteiger partial charge < -0.3 is 9.80 Å². The number of thiazole rings is 1. The molecule has 7 nitrogen and oxygen atoms in total. The summed E-state index contributed by atoms with van der Waals surface area (Å²) >= 11 is 8.36. The van der Waals surface area contributed by atoms with E-state index in [-0.39, 0.29) is 15.9 Å². The van der Waals surface area contributed by atoms with Crippen molar-refractivity contribution in [3.63, 3.8) is 0 Å². The van der Waals surface area contributed by atoms with Gasteiger partial charge in [-0.05, 0) is 43.2 Å². The van der Waals surface area contributed by atoms with Crippen LogP contribution in [0, 0.1) is 5.82 Å². The van der Waals surface area contributed by atoms with Crippen LogP contribution in [0.5, 0.6) is 0 Å². The first-order valence-electron chi connectivity index (χ1n) is 10.2. The predicted molar refractivity (Wildman–Crippen MR) is 125 cm³/mol. The maximum absolute atomic E-state index is 13.5. The maximum atomic E-state index is 13.5. The Bertz CT molecular complexity index is 1270. The molecule has 2 aliphatic heterocycles. The molecule has 0 radical (unpaired) electrons. The average Bonchev–Trinajstić information content (AvgIpc) is 3.52. The predicted octanol–water partition coefficient (Wildman–Crippen LogP) is 3.65. The number of carbonyl (C=O) groups excluding carboxylic acids is 1. The number of anilines is 1. The minimum Gasteiger partial charge on any atom is -0.345 e. The minimum absolute atomic E-state index is 0.153. The quantitative estimate of drug-likeness (QED) is 0.531. The van der Waals surface area contributed by atoms with Crippen LogP contribution in [0.1, 0.15) is 12.8 Å². The number of sulfonamides is 1. The molecule has 32 heavy (non-hydrogen) atoms. The van der Waals surface area contributed by atoms with Crippen LogP contribution in [0.2, 0.25) is 4.34 Å². The highest BCUT2D eigenvalue weighted by Gasteiger charge is 2.42. The molecule has 4 heterocycles. The van der Waals surface area contributed by atoms with Gasteiger partial charge in [-0.3, -0.25) is 4.79 Å². The molecule has 0 saturated carbocycles. The number of hydrogen-bond donors (Lipinski definition) is 0. The molecule has 12 heteroatoms. The summed E-state index contributed by atoms with van der Waals surface area (Å²) in [5, 5.41) is 0.803. The van der Waals surface area contributed by atoms with Crippen molar-refractivity contribution < 1.29 is 17.6 Å². The lowest BCUT2D eigenvalue weighted by atomic mass is 10.2. The Morgan fingerprint density at radius 2 is 1.88 bits per heavy atom. The molecule has 1 unspecified atom stereocenters. The molecule has 0 bridgehead atoms. The SMILES string of the molecule is O=C(C1CCCN1S(=O)(=O)c1ccc(Cl)s1)N1CCN(c2nc3ccc(F)cc3s2)CC1. The van der Waals surface area contributed by atoms with E-state index in [9.17, 15) is 17.6 Å². The Morgan fingerprint density at radius 1 is 1.09 bits per heavy atom. The first-order valence-corrected chi connectivity index (χ1v) is 13.6. The second kappa shape index (κ2) is 8.53. The van der Waals surface area contributed by atoms with Crippen LogP contribution in [-0.4, -0.2) is 67.3 Å². The average molecular weight is 515 g/mol. The van der Waals surface area contributed by atoms with Crippen molar-refractivity contribution in [1.82, 2.24) is 14.2 Å². The van der Waals surface area contributed by atoms with Gasteiger partial charge in [0.1, 0.15) is 16.1 Å². The summed E-state index contributed by atoms with van der Waals surface area (Å²) in [6, 6.07) is 6.91. The zero-order chi connectivity index (χ0) is 22.5. The van der Waals surface area contributed by atoms with Crippen molar-refractivity contribution >= 4 is 65.6 Å². The zero-order valence-corrected chi connectivity index (χ0v) is 20.1. The van der Waals surface area contributed by atoms with Crippen molar-refractivity contribution in [3.05, 3.63) is 40.5 Å². The van der Waals surface area contributed by atoms with Crippen molar-refractivity contribution in [2.24, 2.45) is 0 Å². The number of hydrogen-bond acceptors (Lipinski definition) is 7. The summed E-state index contributed by atoms with van der Waals surface area (Å²) in [6.07, 6.45) is 1.16. The third-order valence-corrected chi connectivity index (χ3v) is 10.5. The first-order chi connectivity index (χ1) is 15.3. The van der Waals surface area contributed by atoms with Crippen molar-refractivity contribution in [2.45, 2.75) is 23.1 Å². The summed E-state index contributed by atoms with van der Waals surface area (Å²) in [6.45, 7) is 2.48. The Balaban J connectivity index is 1.27. The van der Waals surface area contributed by atoms with E-state index in [1.165, 1.54) is 33.8 Å². The van der Waals surface area contributed by atoms with E-state index in [4.69, 9.17) is 11.6 Å². The standard InChI is InChI=1S/C20H20ClFN4O3S3/c21-17-5-6-18(31-17)32(28,29)26-7-1-2-15(26)19(27)24-8-10-25(11-9-24)20-23-14-4-3-13(22)12-16(14)30-20/h3-6,12,15H,1-2,7-11H2. The number of aromatic nitrogens is 1. The number of fused-ring (bicyclic) bond motifs is 1. The van der Waals surface area contributed by atoms with Crippen LogP contribution >= 0.6 is 34.3 Å². The molecule has 1 atom stereocenters. The zero-order valence-electron chi connectivity index (χ0n) is 16.9. The Morgan fingerprint density at radius 3 is 2.59 bits per heavy atom. The second-order valence-corrected chi connectivity index (χ2v) is 12.6. The molecule has 3 aromatic rings. The number of benzene rings is 1. The molecule has 0 N–H and O–H groups in total. The van der Waals surface area contributed by atoms with Crippen LogP contribution in [0.15, 0.2) is 34.5 Å². The highest BCUT2D eigenvalue weighted by molar-refractivity contribution is 7.91. The fraction of sp³-hybridized carbons (Fsp3) is 0.400. The topological polar surface area (TPSA) is 73.8 Å². The van der Waals surface area contributed by atoms with E-state index < -0.39 is 16.1 Å². The van der Waals surface area contributed by atoms with Crippen LogP contribution in [0.3, 0.4) is 0 Å². The number of thiophene rings is 1. The van der Waals surface area contributed by atoms with Crippen molar-refractivity contribution in [3.8, 4) is 0 Å². The third-order valence-electron chi connectivity index (χ3n) is 5.80. The van der Waals surface area contributed by atoms with E-state index in [2.05, 4.69) is 9.88 Å². The Kier molecular flexibility index (Phi) is 5.87. The first kappa shape index (κ1) is 22.0. The van der Waals surface area contributed by atoms with E-state index in [0.717, 1.165) is 26.7 Å². The molecule has 2 saturated heterocycles. The Labute approximate surface area is 198 Å². The molecule has 2 aromatic heterocycles. The summed E-state index contributed by atoms with van der Waals surface area (Å²) < 4.78 is 42.3. The van der Waals surface area contributed by atoms with Gasteiger partial charge in [0, 0.05) is 32.7 Å². The van der Waals surface area contributed by atoms with Crippen LogP contribution < -0.4 is 4.90 Å². The molecular weight excluding hydrogens is 495 g/mol. The highest BCUT2D eigenvalue weighted by Crippen LogP contribution is 2.33. The number of carbonyl (C=O) groups is 1. The summed E-state index contributed by atoms with van der Waals surface area (Å²) in [7, 11) is -3.75.